The molecule has 2 saturated carbocycles. The molecule has 115 heavy (non-hydrogen) atoms. The molecule has 0 aromatic heterocycles. The number of benzene rings is 3. The van der Waals surface area contributed by atoms with Gasteiger partial charge in [-0.2, -0.15) is 4.91 Å². The highest BCUT2D eigenvalue weighted by atomic mass is 16.6. The van der Waals surface area contributed by atoms with Crippen molar-refractivity contribution in [2.75, 3.05) is 60.9 Å². The number of nitroso groups, excluding NO2 is 1. The van der Waals surface area contributed by atoms with Crippen LogP contribution in [0.25, 0.3) is 22.9 Å². The van der Waals surface area contributed by atoms with E-state index in [-0.39, 0.29) is 110 Å². The van der Waals surface area contributed by atoms with Crippen LogP contribution >= 0.6 is 0 Å². The highest BCUT2D eigenvalue weighted by molar-refractivity contribution is 5.99. The number of methoxy groups -OCH3 is 2. The first-order valence-corrected chi connectivity index (χ1v) is 41.7. The molecule has 11 rings (SSSR count). The number of hydrogen-bond acceptors (Lipinski definition) is 19. The van der Waals surface area contributed by atoms with Gasteiger partial charge in [0.2, 0.25) is 0 Å². The second-order valence-corrected chi connectivity index (χ2v) is 33.6. The van der Waals surface area contributed by atoms with Crippen molar-refractivity contribution in [3.8, 4) is 0 Å². The standard InChI is InChI=1S/C56H76O10.C19H30.C14H14O4.C3H8O2.CH3NO.CH2O2.H2O/c1-8-38-18-25-48-37(5)13-10-14-40(15-11-16-43(48)29-38)51(59)63-32-46(57)33-64-52(60)44-22-20-42-31-45(23-21-41(42)30-44)53(61)65-34-47(58)35-66-54(62)56(7)28-12-27-55(6)49(9-2)39(19-17-36(3)4)24-26-50(55)56;1-13(2)15-7-10-18-16(12-15)8-9-17-14(3)6-5-11-19(17,18)4;1-17-13(15)11-5-3-10-8-12(14(16)18-2)6-4-9(10)7-11;4-2-1-3-5;1-2-3;2-1-3;/h16-17,19-24,29-31,36-37,40,46-50,57-58H,8-15,18,25-28,32-35H2,1-7H3;8,12-14,17-18H,5-7,9-11H2,1-4H3;3-5,7-8,12H,6H2,1-2H3;4-5H,1-3H2;1H3;1H,(H,2,3);1H2/b19-17+,43-16?;;;;;;/t37-,40?,46?,47?,48+,49-,50?,55+,56?;14-,17?,18-,19-;;;;;/m00...../s1. The minimum atomic E-state index is -1.20. The van der Waals surface area contributed by atoms with Crippen molar-refractivity contribution < 1.29 is 93.0 Å². The van der Waals surface area contributed by atoms with E-state index in [1.165, 1.54) is 89.4 Å². The first-order chi connectivity index (χ1) is 54.5. The Labute approximate surface area is 682 Å². The summed E-state index contributed by atoms with van der Waals surface area (Å²) >= 11 is 0. The average molecular weight is 1600 g/mol. The van der Waals surface area contributed by atoms with Gasteiger partial charge in [-0.25, -0.2) is 14.4 Å². The smallest absolute Gasteiger partial charge is 0.338 e. The van der Waals surface area contributed by atoms with Gasteiger partial charge in [-0.05, 0) is 248 Å². The molecule has 14 atom stereocenters. The van der Waals surface area contributed by atoms with E-state index >= 15 is 0 Å². The Kier molecular flexibility index (Phi) is 40.5. The van der Waals surface area contributed by atoms with Crippen molar-refractivity contribution in [3.05, 3.63) is 157 Å². The zero-order valence-electron chi connectivity index (χ0n) is 71.0. The van der Waals surface area contributed by atoms with Crippen LogP contribution in [0.2, 0.25) is 0 Å². The molecule has 2 fully saturated rings. The molecule has 0 aliphatic heterocycles. The highest BCUT2D eigenvalue weighted by Gasteiger charge is 2.57. The maximum absolute atomic E-state index is 13.8. The molecule has 636 valence electrons. The quantitative estimate of drug-likeness (QED) is 0.0286. The Morgan fingerprint density at radius 2 is 1.23 bits per heavy atom. The summed E-state index contributed by atoms with van der Waals surface area (Å²) in [6, 6.07) is 15.0. The van der Waals surface area contributed by atoms with Gasteiger partial charge in [0.1, 0.15) is 38.6 Å². The summed E-state index contributed by atoms with van der Waals surface area (Å²) < 4.78 is 31.5. The van der Waals surface area contributed by atoms with Gasteiger partial charge in [-0.15, -0.1) is 0 Å². The molecule has 3 aromatic carbocycles. The van der Waals surface area contributed by atoms with Crippen LogP contribution < -0.4 is 10.4 Å². The topological polar surface area (TPSA) is 337 Å². The summed E-state index contributed by atoms with van der Waals surface area (Å²) in [5, 5.41) is 49.5. The van der Waals surface area contributed by atoms with Crippen molar-refractivity contribution in [1.82, 2.24) is 0 Å². The minimum absolute atomic E-state index is 0. The Morgan fingerprint density at radius 3 is 1.81 bits per heavy atom. The van der Waals surface area contributed by atoms with Crippen LogP contribution in [0.4, 0.5) is 0 Å². The SMILES string of the molecule is CC(C)C1=CC2=CCC3[C@@H](C)CCC[C@]3(C)[C@H]2CC1.CCC1=CC2=CCCC(C(=O)OCC(O)COC(=O)c3ccc4cc(C(=O)OCC(O)COC(=O)C5(C)CCC[C@@]6(C)C5CC=C(/C=C/C(C)C)[C@@H]6CC)ccc4c3)CCC[C@H](C)[C@H]2CC1.CN=O.COC(=O)c1ccc2c(c1)=CCC(C(=O)OC)C=2.O.O=CO.OCCCO. The van der Waals surface area contributed by atoms with Gasteiger partial charge in [0, 0.05) is 13.2 Å². The molecular weight excluding hydrogens is 1460 g/mol. The van der Waals surface area contributed by atoms with E-state index in [0.717, 1.165) is 98.3 Å². The second-order valence-electron chi connectivity index (χ2n) is 33.6. The monoisotopic (exact) mass is 1600 g/mol. The van der Waals surface area contributed by atoms with Gasteiger partial charge in [-0.1, -0.05) is 191 Å². The summed E-state index contributed by atoms with van der Waals surface area (Å²) in [6.07, 6.45) is 39.9. The number of allylic oxidation sites excluding steroid dienone is 12. The Morgan fingerprint density at radius 1 is 0.626 bits per heavy atom. The summed E-state index contributed by atoms with van der Waals surface area (Å²) in [7, 11) is 3.93. The van der Waals surface area contributed by atoms with Crippen molar-refractivity contribution in [1.29, 1.82) is 0 Å². The lowest BCUT2D eigenvalue weighted by atomic mass is 9.47. The van der Waals surface area contributed by atoms with E-state index in [1.807, 2.05) is 25.1 Å². The van der Waals surface area contributed by atoms with Crippen molar-refractivity contribution >= 4 is 65.2 Å². The number of carbonyl (C=O) groups is 7. The number of aliphatic hydroxyl groups is 4. The molecule has 0 heterocycles. The van der Waals surface area contributed by atoms with E-state index in [0.29, 0.717) is 64.7 Å². The lowest BCUT2D eigenvalue weighted by Crippen LogP contribution is -2.53. The van der Waals surface area contributed by atoms with Gasteiger partial charge >= 0.3 is 35.8 Å². The van der Waals surface area contributed by atoms with E-state index in [9.17, 15) is 39.0 Å². The zero-order valence-corrected chi connectivity index (χ0v) is 71.0. The van der Waals surface area contributed by atoms with Gasteiger partial charge in [0.25, 0.3) is 6.47 Å². The van der Waals surface area contributed by atoms with Crippen LogP contribution in [0.15, 0.2) is 130 Å². The van der Waals surface area contributed by atoms with Crippen LogP contribution in [0, 0.1) is 86.2 Å². The number of fused-ring (bicyclic) bond motifs is 7. The van der Waals surface area contributed by atoms with E-state index in [4.69, 9.17) is 48.7 Å². The fourth-order valence-electron chi connectivity index (χ4n) is 18.9. The number of aliphatic hydroxyl groups excluding tert-OH is 4. The fourth-order valence-corrected chi connectivity index (χ4v) is 18.9. The van der Waals surface area contributed by atoms with Crippen LogP contribution in [0.5, 0.6) is 0 Å². The van der Waals surface area contributed by atoms with Gasteiger partial charge in [-0.3, -0.25) is 19.2 Å². The number of nitrogens with zero attached hydrogens (tertiary/aromatic N) is 1. The van der Waals surface area contributed by atoms with Gasteiger partial charge in [0.05, 0.1) is 55.2 Å². The van der Waals surface area contributed by atoms with Crippen molar-refractivity contribution in [3.63, 3.8) is 0 Å². The van der Waals surface area contributed by atoms with E-state index in [2.05, 4.69) is 122 Å². The molecule has 21 nitrogen and oxygen atoms in total. The molecule has 8 aliphatic carbocycles. The third-order valence-corrected chi connectivity index (χ3v) is 25.3. The zero-order chi connectivity index (χ0) is 83.9. The van der Waals surface area contributed by atoms with E-state index < -0.39 is 29.6 Å². The number of carbonyl (C=O) groups excluding carboxylic acids is 6. The lowest BCUT2D eigenvalue weighted by Gasteiger charge is -2.56. The molecule has 8 aliphatic rings. The number of esters is 6. The number of carboxylic acid groups (broad SMARTS) is 1. The first kappa shape index (κ1) is 97.4. The summed E-state index contributed by atoms with van der Waals surface area (Å²) in [5.41, 5.74) is 8.54. The number of rotatable bonds is 21. The van der Waals surface area contributed by atoms with Crippen molar-refractivity contribution in [2.24, 2.45) is 86.5 Å². The normalized spacial score (nSPS) is 26.2. The van der Waals surface area contributed by atoms with Crippen LogP contribution in [0.1, 0.15) is 242 Å². The third-order valence-electron chi connectivity index (χ3n) is 25.3. The summed E-state index contributed by atoms with van der Waals surface area (Å²) in [4.78, 5) is 92.7. The minimum Gasteiger partial charge on any atom is -0.483 e. The molecule has 21 heteroatoms. The molecule has 7 unspecified atom stereocenters. The molecule has 3 aromatic rings. The number of hydrogen-bond donors (Lipinski definition) is 5. The molecule has 0 spiro atoms. The average Bonchev–Trinajstić information content (AvgIpc) is 0.727. The Bertz CT molecular complexity index is 4020. The molecule has 0 radical (unpaired) electrons. The molecule has 7 N–H and O–H groups in total. The van der Waals surface area contributed by atoms with E-state index in [1.54, 1.807) is 59.7 Å². The maximum Gasteiger partial charge on any atom is 0.338 e. The largest absolute Gasteiger partial charge is 0.483 e. The number of ether oxygens (including phenoxy) is 6. The predicted molar refractivity (Wildman–Crippen MR) is 449 cm³/mol. The lowest BCUT2D eigenvalue weighted by molar-refractivity contribution is -0.172. The van der Waals surface area contributed by atoms with Crippen LogP contribution in [0.3, 0.4) is 0 Å². The highest BCUT2D eigenvalue weighted by Crippen LogP contribution is 2.62. The van der Waals surface area contributed by atoms with Crippen LogP contribution in [-0.2, 0) is 47.6 Å². The maximum atomic E-state index is 13.8. The Hall–Kier alpha value is -8.21. The van der Waals surface area contributed by atoms with Gasteiger partial charge < -0.3 is 59.4 Å². The summed E-state index contributed by atoms with van der Waals surface area (Å²) in [6.45, 7) is 24.0. The predicted octanol–water partition coefficient (Wildman–Crippen LogP) is 15.8. The first-order valence-electron chi connectivity index (χ1n) is 41.7. The Balaban J connectivity index is 0.000000384. The second kappa shape index (κ2) is 47.9. The molecule has 0 bridgehead atoms. The molecule has 0 amide bonds. The van der Waals surface area contributed by atoms with Crippen LogP contribution in [-0.4, -0.2) is 146 Å². The van der Waals surface area contributed by atoms with Gasteiger partial charge in [0.15, 0.2) is 0 Å². The summed E-state index contributed by atoms with van der Waals surface area (Å²) in [5.74, 6) is 2.52. The third kappa shape index (κ3) is 26.9. The molecule has 0 saturated heterocycles. The molecular formula is C94H135NO20. The fraction of sp³-hybridized carbons (Fsp3) is 0.606. The van der Waals surface area contributed by atoms with Crippen molar-refractivity contribution in [2.45, 2.75) is 223 Å².